The minimum absolute atomic E-state index is 0.376. The van der Waals surface area contributed by atoms with Crippen LogP contribution in [0.2, 0.25) is 0 Å². The lowest BCUT2D eigenvalue weighted by atomic mass is 10.1. The Balaban J connectivity index is 1.22. The molecule has 0 bridgehead atoms. The number of aryl methyl sites for hydroxylation is 1. The number of methoxy groups -OCH3 is 1. The third-order valence-electron chi connectivity index (χ3n) is 5.87. The van der Waals surface area contributed by atoms with Gasteiger partial charge in [-0.15, -0.1) is 5.10 Å². The summed E-state index contributed by atoms with van der Waals surface area (Å²) in [4.78, 5) is 16.8. The van der Waals surface area contributed by atoms with Gasteiger partial charge >= 0.3 is 6.03 Å². The minimum Gasteiger partial charge on any atom is -0.497 e. The summed E-state index contributed by atoms with van der Waals surface area (Å²) in [6.45, 7) is 1.07. The highest BCUT2D eigenvalue weighted by Gasteiger charge is 2.12. The number of nitrogens with zero attached hydrogens (tertiary/aromatic N) is 5. The number of nitriles is 1. The number of carbonyl (C=O) groups excluding carboxylic acids is 1. The van der Waals surface area contributed by atoms with Crippen molar-refractivity contribution < 1.29 is 19.0 Å². The molecule has 0 fully saturated rings. The summed E-state index contributed by atoms with van der Waals surface area (Å²) in [5.74, 6) is 2.26. The van der Waals surface area contributed by atoms with Gasteiger partial charge in [0.15, 0.2) is 0 Å². The Hall–Kier alpha value is -5.63. The molecule has 0 saturated heterocycles. The van der Waals surface area contributed by atoms with Gasteiger partial charge in [-0.2, -0.15) is 5.26 Å². The third-order valence-corrected chi connectivity index (χ3v) is 5.87. The molecule has 11 heteroatoms. The van der Waals surface area contributed by atoms with Crippen LogP contribution in [0.1, 0.15) is 12.0 Å². The highest BCUT2D eigenvalue weighted by atomic mass is 16.5. The highest BCUT2D eigenvalue weighted by molar-refractivity contribution is 5.99. The zero-order valence-electron chi connectivity index (χ0n) is 21.6. The van der Waals surface area contributed by atoms with Crippen molar-refractivity contribution in [3.63, 3.8) is 0 Å². The van der Waals surface area contributed by atoms with E-state index in [4.69, 9.17) is 14.2 Å². The van der Waals surface area contributed by atoms with E-state index in [0.717, 1.165) is 0 Å². The van der Waals surface area contributed by atoms with Crippen LogP contribution in [0.5, 0.6) is 23.0 Å². The van der Waals surface area contributed by atoms with Gasteiger partial charge in [0.05, 0.1) is 31.0 Å². The Morgan fingerprint density at radius 1 is 0.950 bits per heavy atom. The molecule has 2 heterocycles. The maximum atomic E-state index is 12.3. The van der Waals surface area contributed by atoms with E-state index in [9.17, 15) is 10.1 Å². The average Bonchev–Trinajstić information content (AvgIpc) is 3.50. The van der Waals surface area contributed by atoms with Crippen LogP contribution in [-0.2, 0) is 6.54 Å². The SMILES string of the molecule is COc1ccc(NC(=O)Nc2ccc(Oc3ccnc4cc(OCCCn5ccnn5)c(C#N)cc34)cc2)cc1. The molecule has 5 rings (SSSR count). The average molecular weight is 536 g/mol. The standard InChI is InChI=1S/C29H25N7O4/c1-38-23-7-3-21(4-8-23)33-29(37)34-22-5-9-24(10-6-22)40-27-11-12-31-26-18-28(20(19-30)17-25(26)27)39-16-2-14-36-15-13-32-35-36/h3-13,15,17-18H,2,14,16H2,1H3,(H2,33,34,37). The van der Waals surface area contributed by atoms with Crippen LogP contribution in [0.25, 0.3) is 10.9 Å². The number of fused-ring (bicyclic) bond motifs is 1. The second-order valence-electron chi connectivity index (χ2n) is 8.59. The van der Waals surface area contributed by atoms with E-state index < -0.39 is 0 Å². The molecule has 0 unspecified atom stereocenters. The van der Waals surface area contributed by atoms with Crippen LogP contribution in [0.4, 0.5) is 16.2 Å². The first-order valence-corrected chi connectivity index (χ1v) is 12.4. The molecule has 0 radical (unpaired) electrons. The first kappa shape index (κ1) is 26.0. The smallest absolute Gasteiger partial charge is 0.323 e. The first-order chi connectivity index (χ1) is 19.6. The maximum absolute atomic E-state index is 12.3. The first-order valence-electron chi connectivity index (χ1n) is 12.4. The van der Waals surface area contributed by atoms with Crippen molar-refractivity contribution in [2.75, 3.05) is 24.4 Å². The molecule has 2 amide bonds. The molecular formula is C29H25N7O4. The molecule has 0 aliphatic rings. The van der Waals surface area contributed by atoms with E-state index in [1.54, 1.807) is 97.1 Å². The van der Waals surface area contributed by atoms with Gasteiger partial charge < -0.3 is 24.8 Å². The second kappa shape index (κ2) is 12.3. The largest absolute Gasteiger partial charge is 0.497 e. The molecular weight excluding hydrogens is 510 g/mol. The lowest BCUT2D eigenvalue weighted by Gasteiger charge is -2.13. The number of hydrogen-bond donors (Lipinski definition) is 2. The van der Waals surface area contributed by atoms with Crippen LogP contribution < -0.4 is 24.8 Å². The summed E-state index contributed by atoms with van der Waals surface area (Å²) < 4.78 is 18.8. The normalized spacial score (nSPS) is 10.5. The quantitative estimate of drug-likeness (QED) is 0.220. The van der Waals surface area contributed by atoms with Crippen LogP contribution in [-0.4, -0.2) is 39.7 Å². The fourth-order valence-corrected chi connectivity index (χ4v) is 3.91. The van der Waals surface area contributed by atoms with E-state index in [-0.39, 0.29) is 6.03 Å². The van der Waals surface area contributed by atoms with Crippen molar-refractivity contribution in [3.8, 4) is 29.1 Å². The van der Waals surface area contributed by atoms with Gasteiger partial charge in [0.1, 0.15) is 29.1 Å². The molecule has 40 heavy (non-hydrogen) atoms. The number of benzene rings is 3. The summed E-state index contributed by atoms with van der Waals surface area (Å²) in [6.07, 6.45) is 5.75. The predicted octanol–water partition coefficient (Wildman–Crippen LogP) is 5.61. The molecule has 0 aliphatic carbocycles. The highest BCUT2D eigenvalue weighted by Crippen LogP contribution is 2.33. The van der Waals surface area contributed by atoms with E-state index in [1.807, 2.05) is 0 Å². The van der Waals surface area contributed by atoms with Gasteiger partial charge in [0, 0.05) is 48.2 Å². The molecule has 2 N–H and O–H groups in total. The Kier molecular flexibility index (Phi) is 7.98. The Morgan fingerprint density at radius 2 is 1.68 bits per heavy atom. The Bertz CT molecular complexity index is 1630. The molecule has 0 saturated carbocycles. The molecule has 0 spiro atoms. The number of rotatable bonds is 10. The minimum atomic E-state index is -0.376. The summed E-state index contributed by atoms with van der Waals surface area (Å²) in [5, 5.41) is 23.7. The molecule has 5 aromatic rings. The molecule has 0 aliphatic heterocycles. The number of aromatic nitrogens is 4. The molecule has 2 aromatic heterocycles. The second-order valence-corrected chi connectivity index (χ2v) is 8.59. The topological polar surface area (TPSA) is 136 Å². The number of anilines is 2. The monoisotopic (exact) mass is 535 g/mol. The number of urea groups is 1. The van der Waals surface area contributed by atoms with Crippen molar-refractivity contribution in [2.24, 2.45) is 0 Å². The van der Waals surface area contributed by atoms with Gasteiger partial charge in [-0.1, -0.05) is 5.21 Å². The van der Waals surface area contributed by atoms with Gasteiger partial charge in [0.2, 0.25) is 0 Å². The Morgan fingerprint density at radius 3 is 2.33 bits per heavy atom. The number of nitrogens with one attached hydrogen (secondary N) is 2. The van der Waals surface area contributed by atoms with Crippen molar-refractivity contribution in [1.29, 1.82) is 5.26 Å². The maximum Gasteiger partial charge on any atom is 0.323 e. The van der Waals surface area contributed by atoms with E-state index in [2.05, 4.69) is 32.0 Å². The number of hydrogen-bond acceptors (Lipinski definition) is 8. The van der Waals surface area contributed by atoms with Crippen LogP contribution in [0, 0.1) is 11.3 Å². The zero-order valence-corrected chi connectivity index (χ0v) is 21.6. The number of pyridine rings is 1. The van der Waals surface area contributed by atoms with E-state index in [1.165, 1.54) is 0 Å². The Labute approximate surface area is 229 Å². The lowest BCUT2D eigenvalue weighted by Crippen LogP contribution is -2.19. The van der Waals surface area contributed by atoms with Gasteiger partial charge in [-0.25, -0.2) is 4.79 Å². The van der Waals surface area contributed by atoms with Crippen molar-refractivity contribution in [3.05, 3.63) is 90.9 Å². The number of amides is 2. The molecule has 0 atom stereocenters. The fraction of sp³-hybridized carbons (Fsp3) is 0.138. The van der Waals surface area contributed by atoms with Crippen LogP contribution in [0.3, 0.4) is 0 Å². The van der Waals surface area contributed by atoms with E-state index >= 15 is 0 Å². The molecule has 11 nitrogen and oxygen atoms in total. The van der Waals surface area contributed by atoms with Gasteiger partial charge in [-0.3, -0.25) is 9.67 Å². The zero-order chi connectivity index (χ0) is 27.7. The number of ether oxygens (including phenoxy) is 3. The van der Waals surface area contributed by atoms with Crippen molar-refractivity contribution >= 4 is 28.3 Å². The summed E-state index contributed by atoms with van der Waals surface area (Å²) >= 11 is 0. The summed E-state index contributed by atoms with van der Waals surface area (Å²) in [7, 11) is 1.58. The van der Waals surface area contributed by atoms with Crippen molar-refractivity contribution in [1.82, 2.24) is 20.0 Å². The molecule has 200 valence electrons. The van der Waals surface area contributed by atoms with Gasteiger partial charge in [-0.05, 0) is 60.7 Å². The summed E-state index contributed by atoms with van der Waals surface area (Å²) in [5.41, 5.74) is 2.25. The van der Waals surface area contributed by atoms with E-state index in [0.29, 0.717) is 70.4 Å². The third kappa shape index (κ3) is 6.43. The van der Waals surface area contributed by atoms with Crippen LogP contribution >= 0.6 is 0 Å². The lowest BCUT2D eigenvalue weighted by molar-refractivity contribution is 0.262. The predicted molar refractivity (Wildman–Crippen MR) is 149 cm³/mol. The molecule has 3 aromatic carbocycles. The van der Waals surface area contributed by atoms with Gasteiger partial charge in [0.25, 0.3) is 0 Å². The van der Waals surface area contributed by atoms with Crippen LogP contribution in [0.15, 0.2) is 85.3 Å². The van der Waals surface area contributed by atoms with Crippen molar-refractivity contribution in [2.45, 2.75) is 13.0 Å². The summed E-state index contributed by atoms with van der Waals surface area (Å²) in [6, 6.07) is 21.0. The fourth-order valence-electron chi connectivity index (χ4n) is 3.91. The number of carbonyl (C=O) groups is 1.